The third-order valence-electron chi connectivity index (χ3n) is 6.17. The number of aryl methyl sites for hydroxylation is 1. The number of rotatable bonds is 10. The van der Waals surface area contributed by atoms with E-state index in [1.807, 2.05) is 55.5 Å². The molecule has 8 heteroatoms. The maximum atomic E-state index is 13.2. The summed E-state index contributed by atoms with van der Waals surface area (Å²) in [7, 11) is 0. The van der Waals surface area contributed by atoms with Crippen molar-refractivity contribution in [2.75, 3.05) is 0 Å². The minimum absolute atomic E-state index is 0.130. The molecule has 8 nitrogen and oxygen atoms in total. The zero-order valence-corrected chi connectivity index (χ0v) is 20.6. The number of benzene rings is 2. The number of nitrogens with one attached hydrogen (secondary N) is 1. The number of hydrogen-bond donors (Lipinski definition) is 1. The summed E-state index contributed by atoms with van der Waals surface area (Å²) >= 11 is 0. The number of hydrogen-bond acceptors (Lipinski definition) is 5. The predicted octanol–water partition coefficient (Wildman–Crippen LogP) is 4.96. The maximum absolute atomic E-state index is 13.2. The minimum atomic E-state index is -0.253. The second-order valence-electron chi connectivity index (χ2n) is 9.27. The van der Waals surface area contributed by atoms with Crippen molar-refractivity contribution < 1.29 is 4.79 Å². The van der Waals surface area contributed by atoms with Crippen LogP contribution in [-0.2, 0) is 13.0 Å². The van der Waals surface area contributed by atoms with E-state index in [1.54, 1.807) is 10.8 Å². The van der Waals surface area contributed by atoms with Gasteiger partial charge in [0.05, 0.1) is 6.54 Å². The largest absolute Gasteiger partial charge is 0.335 e. The number of tetrazole rings is 1. The highest BCUT2D eigenvalue weighted by Gasteiger charge is 2.17. The van der Waals surface area contributed by atoms with Crippen LogP contribution in [0.1, 0.15) is 62.5 Å². The van der Waals surface area contributed by atoms with E-state index in [0.29, 0.717) is 24.7 Å². The van der Waals surface area contributed by atoms with Crippen LogP contribution in [0.2, 0.25) is 0 Å². The summed E-state index contributed by atoms with van der Waals surface area (Å²) in [5.74, 6) is 0.922. The van der Waals surface area contributed by atoms with Crippen LogP contribution < -0.4 is 5.69 Å². The molecule has 0 radical (unpaired) electrons. The van der Waals surface area contributed by atoms with E-state index in [0.717, 1.165) is 53.6 Å². The van der Waals surface area contributed by atoms with Crippen molar-refractivity contribution in [2.45, 2.75) is 59.4 Å². The quantitative estimate of drug-likeness (QED) is 0.352. The Morgan fingerprint density at radius 3 is 2.46 bits per heavy atom. The lowest BCUT2D eigenvalue weighted by atomic mass is 9.98. The monoisotopic (exact) mass is 472 g/mol. The summed E-state index contributed by atoms with van der Waals surface area (Å²) in [6, 6.07) is 16.0. The van der Waals surface area contributed by atoms with Gasteiger partial charge in [0.15, 0.2) is 0 Å². The minimum Gasteiger partial charge on any atom is -0.292 e. The van der Waals surface area contributed by atoms with E-state index in [2.05, 4.69) is 34.5 Å². The molecule has 0 spiro atoms. The first-order valence-corrected chi connectivity index (χ1v) is 12.2. The van der Waals surface area contributed by atoms with Crippen LogP contribution >= 0.6 is 0 Å². The third kappa shape index (κ3) is 5.65. The van der Waals surface area contributed by atoms with Crippen LogP contribution in [0.4, 0.5) is 0 Å². The molecule has 2 aromatic carbocycles. The topological polar surface area (TPSA) is 98.5 Å². The van der Waals surface area contributed by atoms with Crippen LogP contribution in [-0.4, -0.2) is 35.7 Å². The van der Waals surface area contributed by atoms with E-state index in [4.69, 9.17) is 0 Å². The molecule has 0 amide bonds. The Morgan fingerprint density at radius 1 is 1.06 bits per heavy atom. The number of aromatic nitrogens is 6. The van der Waals surface area contributed by atoms with Crippen molar-refractivity contribution in [1.82, 2.24) is 29.8 Å². The highest BCUT2D eigenvalue weighted by Crippen LogP contribution is 2.29. The Morgan fingerprint density at radius 2 is 1.80 bits per heavy atom. The molecule has 0 aliphatic carbocycles. The van der Waals surface area contributed by atoms with Gasteiger partial charge in [-0.25, -0.2) is 9.36 Å². The molecule has 0 saturated carbocycles. The summed E-state index contributed by atoms with van der Waals surface area (Å²) in [6.45, 7) is 6.79. The van der Waals surface area contributed by atoms with Crippen LogP contribution in [0.5, 0.6) is 0 Å². The molecule has 2 heterocycles. The van der Waals surface area contributed by atoms with E-state index >= 15 is 0 Å². The van der Waals surface area contributed by atoms with Crippen LogP contribution in [0, 0.1) is 5.92 Å². The van der Waals surface area contributed by atoms with Gasteiger partial charge in [-0.2, -0.15) is 5.21 Å². The highest BCUT2D eigenvalue weighted by molar-refractivity contribution is 5.80. The normalized spacial score (nSPS) is 11.3. The number of H-pyrrole nitrogens is 1. The Labute approximate surface area is 205 Å². The molecule has 1 N–H and O–H groups in total. The fourth-order valence-corrected chi connectivity index (χ4v) is 4.14. The fraction of sp³-hybridized carbons (Fsp3) is 0.370. The van der Waals surface area contributed by atoms with Crippen LogP contribution in [0.3, 0.4) is 0 Å². The van der Waals surface area contributed by atoms with Gasteiger partial charge < -0.3 is 0 Å². The molecular formula is C27H32N6O2. The van der Waals surface area contributed by atoms with Crippen molar-refractivity contribution in [3.05, 3.63) is 76.5 Å². The lowest BCUT2D eigenvalue weighted by molar-refractivity contribution is 0.0894. The number of nitrogens with zero attached hydrogens (tertiary/aromatic N) is 5. The molecular weight excluding hydrogens is 440 g/mol. The van der Waals surface area contributed by atoms with E-state index in [9.17, 15) is 9.59 Å². The molecule has 2 aromatic heterocycles. The van der Waals surface area contributed by atoms with Gasteiger partial charge in [-0.05, 0) is 47.1 Å². The van der Waals surface area contributed by atoms with E-state index in [1.165, 1.54) is 4.57 Å². The number of unbranched alkanes of at least 4 members (excludes halogenated alkanes) is 1. The smallest absolute Gasteiger partial charge is 0.292 e. The average Bonchev–Trinajstić information content (AvgIpc) is 3.51. The van der Waals surface area contributed by atoms with Gasteiger partial charge in [0.2, 0.25) is 11.7 Å². The van der Waals surface area contributed by atoms with Gasteiger partial charge in [-0.1, -0.05) is 75.7 Å². The molecule has 0 atom stereocenters. The predicted molar refractivity (Wildman–Crippen MR) is 136 cm³/mol. The second-order valence-corrected chi connectivity index (χ2v) is 9.27. The summed E-state index contributed by atoms with van der Waals surface area (Å²) in [5.41, 5.74) is 4.56. The van der Waals surface area contributed by atoms with Crippen LogP contribution in [0.25, 0.3) is 22.5 Å². The van der Waals surface area contributed by atoms with E-state index < -0.39 is 0 Å². The van der Waals surface area contributed by atoms with Crippen LogP contribution in [0.15, 0.2) is 59.5 Å². The zero-order chi connectivity index (χ0) is 24.8. The van der Waals surface area contributed by atoms with Crippen molar-refractivity contribution in [3.8, 4) is 22.5 Å². The lowest BCUT2D eigenvalue weighted by Crippen LogP contribution is -2.29. The van der Waals surface area contributed by atoms with Gasteiger partial charge in [-0.15, -0.1) is 10.2 Å². The van der Waals surface area contributed by atoms with Gasteiger partial charge in [0, 0.05) is 23.9 Å². The first-order valence-electron chi connectivity index (χ1n) is 12.2. The number of imidazole rings is 1. The van der Waals surface area contributed by atoms with Gasteiger partial charge in [0.1, 0.15) is 0 Å². The Kier molecular flexibility index (Phi) is 7.70. The molecule has 35 heavy (non-hydrogen) atoms. The average molecular weight is 473 g/mol. The maximum Gasteiger partial charge on any atom is 0.335 e. The molecule has 0 aliphatic rings. The number of aromatic amines is 1. The molecule has 0 fully saturated rings. The first-order chi connectivity index (χ1) is 17.0. The molecule has 4 aromatic rings. The second kappa shape index (κ2) is 11.1. The molecule has 0 unspecified atom stereocenters. The fourth-order valence-electron chi connectivity index (χ4n) is 4.14. The molecule has 0 bridgehead atoms. The summed E-state index contributed by atoms with van der Waals surface area (Å²) in [5, 5.41) is 14.4. The standard InChI is InChI=1S/C27H32N6O2/c1-4-5-10-25(34)33-18-22(16-11-19(2)3)32(27(33)35)17-20-12-14-21(15-13-20)23-8-6-7-9-24(23)26-28-30-31-29-26/h6-9,12-15,18-19H,4-5,10-11,16-17H2,1-3H3,(H,28,29,30,31). The Balaban J connectivity index is 1.61. The van der Waals surface area contributed by atoms with Gasteiger partial charge >= 0.3 is 5.69 Å². The zero-order valence-electron chi connectivity index (χ0n) is 20.6. The summed E-state index contributed by atoms with van der Waals surface area (Å²) in [4.78, 5) is 25.8. The van der Waals surface area contributed by atoms with Crippen molar-refractivity contribution in [1.29, 1.82) is 0 Å². The summed E-state index contributed by atoms with van der Waals surface area (Å²) in [6.07, 6.45) is 5.56. The SMILES string of the molecule is CCCCC(=O)n1cc(CCC(C)C)n(Cc2ccc(-c3ccccc3-c3nn[nH]n3)cc2)c1=O. The van der Waals surface area contributed by atoms with Gasteiger partial charge in [-0.3, -0.25) is 9.36 Å². The molecule has 4 rings (SSSR count). The lowest BCUT2D eigenvalue weighted by Gasteiger charge is -2.11. The van der Waals surface area contributed by atoms with Crippen molar-refractivity contribution in [2.24, 2.45) is 5.92 Å². The Bertz CT molecular complexity index is 1320. The van der Waals surface area contributed by atoms with Gasteiger partial charge in [0.25, 0.3) is 0 Å². The van der Waals surface area contributed by atoms with Crippen molar-refractivity contribution in [3.63, 3.8) is 0 Å². The summed E-state index contributed by atoms with van der Waals surface area (Å²) < 4.78 is 3.05. The molecule has 0 aliphatic heterocycles. The number of carbonyl (C=O) groups excluding carboxylic acids is 1. The Hall–Kier alpha value is -3.81. The third-order valence-corrected chi connectivity index (χ3v) is 6.17. The molecule has 0 saturated heterocycles. The molecule has 182 valence electrons. The van der Waals surface area contributed by atoms with Crippen molar-refractivity contribution >= 4 is 5.91 Å². The number of carbonyl (C=O) groups is 1. The first kappa shape index (κ1) is 24.3. The van der Waals surface area contributed by atoms with E-state index in [-0.39, 0.29) is 11.6 Å². The highest BCUT2D eigenvalue weighted by atomic mass is 16.2.